The van der Waals surface area contributed by atoms with Crippen LogP contribution in [0.5, 0.6) is 0 Å². The fourth-order valence-electron chi connectivity index (χ4n) is 2.25. The second kappa shape index (κ2) is 9.34. The van der Waals surface area contributed by atoms with Crippen molar-refractivity contribution in [3.05, 3.63) is 23.9 Å². The SMILES string of the molecule is CCC[C@@H](CCO)CNC(=O)c1cccnc1NC(C)C. The van der Waals surface area contributed by atoms with Gasteiger partial charge in [0.15, 0.2) is 0 Å². The van der Waals surface area contributed by atoms with Gasteiger partial charge >= 0.3 is 0 Å². The van der Waals surface area contributed by atoms with E-state index in [1.54, 1.807) is 18.3 Å². The number of amides is 1. The summed E-state index contributed by atoms with van der Waals surface area (Å²) >= 11 is 0. The lowest BCUT2D eigenvalue weighted by Crippen LogP contribution is -2.31. The molecule has 5 heteroatoms. The lowest BCUT2D eigenvalue weighted by Gasteiger charge is -2.17. The van der Waals surface area contributed by atoms with E-state index in [0.29, 0.717) is 23.8 Å². The predicted molar refractivity (Wildman–Crippen MR) is 85.4 cm³/mol. The van der Waals surface area contributed by atoms with Crippen molar-refractivity contribution in [1.82, 2.24) is 10.3 Å². The van der Waals surface area contributed by atoms with Gasteiger partial charge in [0.1, 0.15) is 5.82 Å². The van der Waals surface area contributed by atoms with Crippen molar-refractivity contribution >= 4 is 11.7 Å². The molecule has 0 saturated heterocycles. The van der Waals surface area contributed by atoms with Crippen LogP contribution in [0.2, 0.25) is 0 Å². The molecule has 3 N–H and O–H groups in total. The van der Waals surface area contributed by atoms with Crippen molar-refractivity contribution in [2.45, 2.75) is 46.1 Å². The third-order valence-electron chi connectivity index (χ3n) is 3.26. The van der Waals surface area contributed by atoms with Gasteiger partial charge in [0.25, 0.3) is 5.91 Å². The molecule has 0 radical (unpaired) electrons. The number of aliphatic hydroxyl groups is 1. The van der Waals surface area contributed by atoms with E-state index in [4.69, 9.17) is 5.11 Å². The van der Waals surface area contributed by atoms with Gasteiger partial charge in [-0.1, -0.05) is 13.3 Å². The molecule has 1 aromatic heterocycles. The van der Waals surface area contributed by atoms with Crippen LogP contribution in [0.1, 0.15) is 50.4 Å². The summed E-state index contributed by atoms with van der Waals surface area (Å²) in [6.45, 7) is 6.87. The summed E-state index contributed by atoms with van der Waals surface area (Å²) in [6, 6.07) is 3.75. The summed E-state index contributed by atoms with van der Waals surface area (Å²) in [5.41, 5.74) is 0.561. The Kier molecular flexibility index (Phi) is 7.75. The molecule has 0 aromatic carbocycles. The molecule has 0 unspecified atom stereocenters. The summed E-state index contributed by atoms with van der Waals surface area (Å²) in [6.07, 6.45) is 4.45. The number of anilines is 1. The number of aromatic nitrogens is 1. The van der Waals surface area contributed by atoms with Crippen molar-refractivity contribution in [2.75, 3.05) is 18.5 Å². The Labute approximate surface area is 127 Å². The number of nitrogens with one attached hydrogen (secondary N) is 2. The Bertz CT molecular complexity index is 429. The molecule has 0 aliphatic heterocycles. The first-order valence-corrected chi connectivity index (χ1v) is 7.69. The monoisotopic (exact) mass is 293 g/mol. The molecule has 1 aromatic rings. The maximum absolute atomic E-state index is 12.3. The average molecular weight is 293 g/mol. The molecule has 1 rings (SSSR count). The van der Waals surface area contributed by atoms with Gasteiger partial charge in [-0.15, -0.1) is 0 Å². The molecule has 0 bridgehead atoms. The largest absolute Gasteiger partial charge is 0.396 e. The number of hydrogen-bond acceptors (Lipinski definition) is 4. The van der Waals surface area contributed by atoms with Crippen LogP contribution >= 0.6 is 0 Å². The topological polar surface area (TPSA) is 74.2 Å². The minimum absolute atomic E-state index is 0.120. The molecule has 21 heavy (non-hydrogen) atoms. The zero-order chi connectivity index (χ0) is 15.7. The van der Waals surface area contributed by atoms with Gasteiger partial charge in [0, 0.05) is 25.4 Å². The van der Waals surface area contributed by atoms with Crippen LogP contribution in [0, 0.1) is 5.92 Å². The van der Waals surface area contributed by atoms with Gasteiger partial charge in [0.2, 0.25) is 0 Å². The van der Waals surface area contributed by atoms with Gasteiger partial charge in [-0.05, 0) is 44.7 Å². The highest BCUT2D eigenvalue weighted by Gasteiger charge is 2.14. The minimum Gasteiger partial charge on any atom is -0.396 e. The van der Waals surface area contributed by atoms with Gasteiger partial charge < -0.3 is 15.7 Å². The third-order valence-corrected chi connectivity index (χ3v) is 3.26. The first kappa shape index (κ1) is 17.4. The van der Waals surface area contributed by atoms with Crippen LogP contribution < -0.4 is 10.6 Å². The molecular formula is C16H27N3O2. The maximum atomic E-state index is 12.3. The molecule has 118 valence electrons. The smallest absolute Gasteiger partial charge is 0.255 e. The van der Waals surface area contributed by atoms with Crippen LogP contribution in [0.4, 0.5) is 5.82 Å². The summed E-state index contributed by atoms with van der Waals surface area (Å²) in [7, 11) is 0. The predicted octanol–water partition coefficient (Wildman–Crippen LogP) is 2.43. The van der Waals surface area contributed by atoms with Gasteiger partial charge in [-0.25, -0.2) is 4.98 Å². The van der Waals surface area contributed by atoms with Crippen molar-refractivity contribution < 1.29 is 9.90 Å². The quantitative estimate of drug-likeness (QED) is 0.654. The van der Waals surface area contributed by atoms with Crippen molar-refractivity contribution in [3.8, 4) is 0 Å². The first-order valence-electron chi connectivity index (χ1n) is 7.69. The van der Waals surface area contributed by atoms with E-state index < -0.39 is 0 Å². The van der Waals surface area contributed by atoms with E-state index in [2.05, 4.69) is 22.5 Å². The van der Waals surface area contributed by atoms with Gasteiger partial charge in [-0.3, -0.25) is 4.79 Å². The van der Waals surface area contributed by atoms with Gasteiger partial charge in [-0.2, -0.15) is 0 Å². The normalized spacial score (nSPS) is 12.2. The molecular weight excluding hydrogens is 266 g/mol. The number of hydrogen-bond donors (Lipinski definition) is 3. The Balaban J connectivity index is 2.66. The lowest BCUT2D eigenvalue weighted by molar-refractivity contribution is 0.0943. The summed E-state index contributed by atoms with van der Waals surface area (Å²) < 4.78 is 0. The minimum atomic E-state index is -0.120. The van der Waals surface area contributed by atoms with Gasteiger partial charge in [0.05, 0.1) is 5.56 Å². The van der Waals surface area contributed by atoms with Crippen LogP contribution in [-0.2, 0) is 0 Å². The molecule has 0 aliphatic rings. The van der Waals surface area contributed by atoms with Crippen molar-refractivity contribution in [1.29, 1.82) is 0 Å². The highest BCUT2D eigenvalue weighted by molar-refractivity contribution is 5.98. The molecule has 0 spiro atoms. The lowest BCUT2D eigenvalue weighted by atomic mass is 10.00. The van der Waals surface area contributed by atoms with E-state index in [1.165, 1.54) is 0 Å². The maximum Gasteiger partial charge on any atom is 0.255 e. The van der Waals surface area contributed by atoms with Crippen molar-refractivity contribution in [3.63, 3.8) is 0 Å². The number of carbonyl (C=O) groups is 1. The molecule has 0 fully saturated rings. The number of rotatable bonds is 9. The number of pyridine rings is 1. The highest BCUT2D eigenvalue weighted by atomic mass is 16.3. The Hall–Kier alpha value is -1.62. The summed E-state index contributed by atoms with van der Waals surface area (Å²) in [5.74, 6) is 0.812. The second-order valence-electron chi connectivity index (χ2n) is 5.58. The fraction of sp³-hybridized carbons (Fsp3) is 0.625. The Morgan fingerprint density at radius 1 is 1.38 bits per heavy atom. The molecule has 1 amide bonds. The van der Waals surface area contributed by atoms with E-state index in [9.17, 15) is 4.79 Å². The zero-order valence-electron chi connectivity index (χ0n) is 13.2. The second-order valence-corrected chi connectivity index (χ2v) is 5.58. The Morgan fingerprint density at radius 2 is 2.14 bits per heavy atom. The number of nitrogens with zero attached hydrogens (tertiary/aromatic N) is 1. The first-order chi connectivity index (χ1) is 10.1. The highest BCUT2D eigenvalue weighted by Crippen LogP contribution is 2.14. The average Bonchev–Trinajstić information content (AvgIpc) is 2.45. The number of aliphatic hydroxyl groups excluding tert-OH is 1. The fourth-order valence-corrected chi connectivity index (χ4v) is 2.25. The van der Waals surface area contributed by atoms with E-state index in [0.717, 1.165) is 19.3 Å². The summed E-state index contributed by atoms with van der Waals surface area (Å²) in [4.78, 5) is 16.5. The van der Waals surface area contributed by atoms with Crippen LogP contribution in [0.25, 0.3) is 0 Å². The zero-order valence-corrected chi connectivity index (χ0v) is 13.2. The van der Waals surface area contributed by atoms with E-state index in [1.807, 2.05) is 13.8 Å². The standard InChI is InChI=1S/C16H27N3O2/c1-4-6-13(8-10-20)11-18-16(21)14-7-5-9-17-15(14)19-12(2)3/h5,7,9,12-13,20H,4,6,8,10-11H2,1-3H3,(H,17,19)(H,18,21)/t13-/m0/s1. The van der Waals surface area contributed by atoms with E-state index in [-0.39, 0.29) is 18.6 Å². The van der Waals surface area contributed by atoms with Crippen molar-refractivity contribution in [2.24, 2.45) is 5.92 Å². The Morgan fingerprint density at radius 3 is 2.76 bits per heavy atom. The molecule has 1 heterocycles. The molecule has 0 aliphatic carbocycles. The summed E-state index contributed by atoms with van der Waals surface area (Å²) in [5, 5.41) is 15.2. The molecule has 5 nitrogen and oxygen atoms in total. The number of carbonyl (C=O) groups excluding carboxylic acids is 1. The third kappa shape index (κ3) is 6.12. The molecule has 1 atom stereocenters. The van der Waals surface area contributed by atoms with Crippen LogP contribution in [-0.4, -0.2) is 35.2 Å². The van der Waals surface area contributed by atoms with E-state index >= 15 is 0 Å². The molecule has 0 saturated carbocycles. The van der Waals surface area contributed by atoms with Crippen LogP contribution in [0.3, 0.4) is 0 Å². The van der Waals surface area contributed by atoms with Crippen LogP contribution in [0.15, 0.2) is 18.3 Å².